The lowest BCUT2D eigenvalue weighted by Crippen LogP contribution is -2.27. The van der Waals surface area contributed by atoms with Gasteiger partial charge in [0.2, 0.25) is 4.80 Å². The molecule has 2 heterocycles. The summed E-state index contributed by atoms with van der Waals surface area (Å²) < 4.78 is 15.0. The van der Waals surface area contributed by atoms with Gasteiger partial charge in [-0.05, 0) is 37.3 Å². The highest BCUT2D eigenvalue weighted by Crippen LogP contribution is 2.28. The van der Waals surface area contributed by atoms with Gasteiger partial charge in [0.25, 0.3) is 5.91 Å². The molecular formula is C20H17FN4OS. The molecule has 0 atom stereocenters. The van der Waals surface area contributed by atoms with Crippen LogP contribution in [-0.2, 0) is 4.79 Å². The Hall–Kier alpha value is -3.06. The minimum atomic E-state index is -0.299. The van der Waals surface area contributed by atoms with E-state index in [2.05, 4.69) is 10.1 Å². The van der Waals surface area contributed by atoms with Gasteiger partial charge in [-0.2, -0.15) is 5.10 Å². The molecule has 0 aliphatic carbocycles. The number of thiazole rings is 1. The van der Waals surface area contributed by atoms with Crippen LogP contribution >= 0.6 is 11.3 Å². The lowest BCUT2D eigenvalue weighted by molar-refractivity contribution is -0.112. The number of para-hydroxylation sites is 1. The minimum absolute atomic E-state index is 0.164. The molecule has 0 fully saturated rings. The van der Waals surface area contributed by atoms with E-state index in [9.17, 15) is 9.18 Å². The number of fused-ring (bicyclic) bond motifs is 1. The van der Waals surface area contributed by atoms with E-state index in [4.69, 9.17) is 0 Å². The largest absolute Gasteiger partial charge is 0.309 e. The van der Waals surface area contributed by atoms with Crippen LogP contribution in [0.1, 0.15) is 12.5 Å². The molecule has 3 aromatic rings. The molecule has 1 amide bonds. The second-order valence-corrected chi connectivity index (χ2v) is 6.86. The van der Waals surface area contributed by atoms with Crippen molar-refractivity contribution in [1.29, 1.82) is 0 Å². The topological polar surface area (TPSA) is 50.0 Å². The smallest absolute Gasteiger partial charge is 0.279 e. The van der Waals surface area contributed by atoms with E-state index in [0.717, 1.165) is 22.5 Å². The van der Waals surface area contributed by atoms with Crippen LogP contribution in [0.25, 0.3) is 11.3 Å². The molecule has 1 aliphatic rings. The molecule has 7 heteroatoms. The molecule has 5 nitrogen and oxygen atoms in total. The van der Waals surface area contributed by atoms with Crippen LogP contribution in [-0.4, -0.2) is 29.9 Å². The summed E-state index contributed by atoms with van der Waals surface area (Å²) in [5, 5.41) is 6.59. The lowest BCUT2D eigenvalue weighted by Gasteiger charge is -2.07. The molecule has 136 valence electrons. The van der Waals surface area contributed by atoms with Crippen LogP contribution in [0.15, 0.2) is 64.0 Å². The van der Waals surface area contributed by atoms with Gasteiger partial charge in [0.1, 0.15) is 5.82 Å². The number of nitrogens with zero attached hydrogens (tertiary/aromatic N) is 4. The first kappa shape index (κ1) is 17.4. The van der Waals surface area contributed by atoms with Crippen LogP contribution in [0.2, 0.25) is 0 Å². The standard InChI is InChI=1S/C20H17FN4OS/c1-3-22-20-25(17(12-27-20)13-8-10-14(21)11-9-13)23-18-15-6-4-5-7-16(15)24(2)19(18)26/h4-12H,3H2,1-2H3. The van der Waals surface area contributed by atoms with Crippen molar-refractivity contribution in [3.05, 3.63) is 70.1 Å². The third-order valence-electron chi connectivity index (χ3n) is 4.35. The predicted molar refractivity (Wildman–Crippen MR) is 106 cm³/mol. The van der Waals surface area contributed by atoms with Gasteiger partial charge in [0.05, 0.1) is 11.4 Å². The molecule has 0 saturated heterocycles. The van der Waals surface area contributed by atoms with Crippen LogP contribution < -0.4 is 9.70 Å². The van der Waals surface area contributed by atoms with Gasteiger partial charge in [-0.15, -0.1) is 11.3 Å². The molecular weight excluding hydrogens is 363 g/mol. The summed E-state index contributed by atoms with van der Waals surface area (Å²) in [5.74, 6) is -0.464. The van der Waals surface area contributed by atoms with Crippen molar-refractivity contribution < 1.29 is 9.18 Å². The zero-order valence-electron chi connectivity index (χ0n) is 14.9. The highest BCUT2D eigenvalue weighted by atomic mass is 32.1. The molecule has 0 unspecified atom stereocenters. The van der Waals surface area contributed by atoms with Gasteiger partial charge in [0.15, 0.2) is 5.71 Å². The molecule has 0 spiro atoms. The van der Waals surface area contributed by atoms with E-state index < -0.39 is 0 Å². The average molecular weight is 380 g/mol. The number of anilines is 1. The van der Waals surface area contributed by atoms with E-state index in [1.807, 2.05) is 36.6 Å². The second kappa shape index (κ2) is 6.92. The van der Waals surface area contributed by atoms with E-state index in [-0.39, 0.29) is 11.7 Å². The first-order valence-electron chi connectivity index (χ1n) is 8.53. The van der Waals surface area contributed by atoms with Crippen molar-refractivity contribution in [2.45, 2.75) is 6.92 Å². The summed E-state index contributed by atoms with van der Waals surface area (Å²) in [6.45, 7) is 2.54. The normalized spacial score (nSPS) is 15.7. The molecule has 4 rings (SSSR count). The SMILES string of the molecule is CCN=c1scc(-c2ccc(F)cc2)n1N=C1C(=O)N(C)c2ccccc21. The Balaban J connectivity index is 1.93. The Morgan fingerprint density at radius 1 is 1.11 bits per heavy atom. The average Bonchev–Trinajstić information content (AvgIpc) is 3.18. The van der Waals surface area contributed by atoms with Crippen LogP contribution in [0.5, 0.6) is 0 Å². The first-order chi connectivity index (χ1) is 13.1. The zero-order chi connectivity index (χ0) is 19.0. The van der Waals surface area contributed by atoms with Gasteiger partial charge in [-0.1, -0.05) is 18.2 Å². The number of hydrogen-bond acceptors (Lipinski definition) is 4. The number of halogens is 1. The van der Waals surface area contributed by atoms with Crippen molar-refractivity contribution >= 4 is 28.6 Å². The van der Waals surface area contributed by atoms with E-state index in [0.29, 0.717) is 17.1 Å². The third kappa shape index (κ3) is 3.00. The minimum Gasteiger partial charge on any atom is -0.309 e. The summed E-state index contributed by atoms with van der Waals surface area (Å²) in [4.78, 5) is 19.5. The van der Waals surface area contributed by atoms with Gasteiger partial charge in [-0.25, -0.2) is 9.07 Å². The predicted octanol–water partition coefficient (Wildman–Crippen LogP) is 3.51. The summed E-state index contributed by atoms with van der Waals surface area (Å²) in [5.41, 5.74) is 3.55. The third-order valence-corrected chi connectivity index (χ3v) is 5.20. The van der Waals surface area contributed by atoms with Crippen molar-refractivity contribution in [2.75, 3.05) is 18.5 Å². The maximum atomic E-state index is 13.3. The zero-order valence-corrected chi connectivity index (χ0v) is 15.7. The van der Waals surface area contributed by atoms with E-state index in [1.54, 1.807) is 28.8 Å². The Bertz CT molecular complexity index is 1110. The maximum Gasteiger partial charge on any atom is 0.279 e. The number of carbonyl (C=O) groups is 1. The van der Waals surface area contributed by atoms with Gasteiger partial charge in [-0.3, -0.25) is 9.79 Å². The Kier molecular flexibility index (Phi) is 4.45. The van der Waals surface area contributed by atoms with Crippen molar-refractivity contribution in [1.82, 2.24) is 4.68 Å². The fourth-order valence-electron chi connectivity index (χ4n) is 3.00. The van der Waals surface area contributed by atoms with E-state index in [1.165, 1.54) is 23.5 Å². The summed E-state index contributed by atoms with van der Waals surface area (Å²) in [6.07, 6.45) is 0. The van der Waals surface area contributed by atoms with Crippen molar-refractivity contribution in [3.63, 3.8) is 0 Å². The number of aromatic nitrogens is 1. The quantitative estimate of drug-likeness (QED) is 0.686. The fraction of sp³-hybridized carbons (Fsp3) is 0.150. The van der Waals surface area contributed by atoms with Crippen molar-refractivity contribution in [2.24, 2.45) is 10.1 Å². The van der Waals surface area contributed by atoms with Gasteiger partial charge in [0, 0.05) is 30.1 Å². The maximum absolute atomic E-state index is 13.3. The van der Waals surface area contributed by atoms with Gasteiger partial charge < -0.3 is 4.90 Å². The molecule has 27 heavy (non-hydrogen) atoms. The summed E-state index contributed by atoms with van der Waals surface area (Å²) >= 11 is 1.44. The van der Waals surface area contributed by atoms with Crippen LogP contribution in [0.3, 0.4) is 0 Å². The number of carbonyl (C=O) groups excluding carboxylic acids is 1. The monoisotopic (exact) mass is 380 g/mol. The van der Waals surface area contributed by atoms with Gasteiger partial charge >= 0.3 is 0 Å². The molecule has 1 aliphatic heterocycles. The summed E-state index contributed by atoms with van der Waals surface area (Å²) in [7, 11) is 1.74. The van der Waals surface area contributed by atoms with Crippen molar-refractivity contribution in [3.8, 4) is 11.3 Å². The highest BCUT2D eigenvalue weighted by Gasteiger charge is 2.31. The Morgan fingerprint density at radius 3 is 2.59 bits per heavy atom. The lowest BCUT2D eigenvalue weighted by atomic mass is 10.1. The molecule has 1 aromatic heterocycles. The number of rotatable bonds is 3. The Morgan fingerprint density at radius 2 is 1.85 bits per heavy atom. The first-order valence-corrected chi connectivity index (χ1v) is 9.41. The number of benzene rings is 2. The Labute approximate surface area is 159 Å². The molecule has 2 aromatic carbocycles. The number of hydrogen-bond donors (Lipinski definition) is 0. The molecule has 0 saturated carbocycles. The van der Waals surface area contributed by atoms with E-state index >= 15 is 0 Å². The number of amides is 1. The van der Waals surface area contributed by atoms with Crippen LogP contribution in [0.4, 0.5) is 10.1 Å². The highest BCUT2D eigenvalue weighted by molar-refractivity contribution is 7.07. The molecule has 0 radical (unpaired) electrons. The second-order valence-electron chi connectivity index (χ2n) is 6.03. The van der Waals surface area contributed by atoms with Crippen LogP contribution in [0, 0.1) is 5.82 Å². The fourth-order valence-corrected chi connectivity index (χ4v) is 3.90. The molecule has 0 N–H and O–H groups in total. The number of likely N-dealkylation sites (N-methyl/N-ethyl adjacent to an activating group) is 1. The summed E-state index contributed by atoms with van der Waals surface area (Å²) in [6, 6.07) is 13.8. The molecule has 0 bridgehead atoms.